The largest absolute Gasteiger partial charge is 0.527 e. The average Bonchev–Trinajstić information content (AvgIpc) is 3.54. The molecule has 3 aromatic rings. The van der Waals surface area contributed by atoms with E-state index in [4.69, 9.17) is 14.3 Å². The maximum absolute atomic E-state index is 13.7. The van der Waals surface area contributed by atoms with Gasteiger partial charge in [-0.1, -0.05) is 30.3 Å². The number of carbonyl (C=O) groups excluding carboxylic acids is 4. The van der Waals surface area contributed by atoms with Gasteiger partial charge in [0.15, 0.2) is 5.82 Å². The van der Waals surface area contributed by atoms with Gasteiger partial charge in [0.2, 0.25) is 5.91 Å². The Balaban J connectivity index is 1.54. The number of nitrogens with zero attached hydrogens (tertiary/aromatic N) is 5. The van der Waals surface area contributed by atoms with Gasteiger partial charge in [-0.25, -0.2) is 19.7 Å². The Hall–Kier alpha value is -4.43. The number of ether oxygens (including phenoxy) is 2. The van der Waals surface area contributed by atoms with Crippen LogP contribution in [0.4, 0.5) is 4.79 Å². The fourth-order valence-electron chi connectivity index (χ4n) is 4.35. The van der Waals surface area contributed by atoms with E-state index in [9.17, 15) is 19.2 Å². The molecule has 0 aliphatic carbocycles. The fraction of sp³-hybridized carbons (Fsp3) is 0.433. The number of nitrogens with one attached hydrogen (secondary N) is 1. The van der Waals surface area contributed by atoms with E-state index < -0.39 is 29.7 Å². The summed E-state index contributed by atoms with van der Waals surface area (Å²) in [6.45, 7) is 8.09. The molecule has 0 saturated carbocycles. The molecule has 1 aromatic carbocycles. The zero-order valence-electron chi connectivity index (χ0n) is 25.1. The lowest BCUT2D eigenvalue weighted by Crippen LogP contribution is -2.55. The number of piperazine rings is 1. The minimum absolute atomic E-state index is 0.00892. The van der Waals surface area contributed by atoms with Crippen molar-refractivity contribution in [2.24, 2.45) is 0 Å². The van der Waals surface area contributed by atoms with Crippen LogP contribution in [0, 0.1) is 0 Å². The second-order valence-corrected chi connectivity index (χ2v) is 11.7. The zero-order chi connectivity index (χ0) is 31.7. The number of hydrogen-bond donors (Lipinski definition) is 1. The van der Waals surface area contributed by atoms with Gasteiger partial charge < -0.3 is 24.5 Å². The van der Waals surface area contributed by atoms with Crippen molar-refractivity contribution in [1.29, 1.82) is 0 Å². The first-order valence-corrected chi connectivity index (χ1v) is 15.2. The molecule has 234 valence electrons. The molecule has 3 heterocycles. The van der Waals surface area contributed by atoms with E-state index in [1.54, 1.807) is 38.8 Å². The van der Waals surface area contributed by atoms with Crippen molar-refractivity contribution in [2.45, 2.75) is 52.2 Å². The second-order valence-electron chi connectivity index (χ2n) is 10.8. The first-order valence-electron chi connectivity index (χ1n) is 14.3. The predicted octanol–water partition coefficient (Wildman–Crippen LogP) is 3.72. The predicted molar refractivity (Wildman–Crippen MR) is 161 cm³/mol. The van der Waals surface area contributed by atoms with Crippen molar-refractivity contribution in [3.8, 4) is 22.1 Å². The molecular formula is C30H36N6O7S. The van der Waals surface area contributed by atoms with Gasteiger partial charge in [-0.05, 0) is 40.2 Å². The Morgan fingerprint density at radius 1 is 1.05 bits per heavy atom. The maximum atomic E-state index is 13.7. The van der Waals surface area contributed by atoms with E-state index in [0.29, 0.717) is 22.1 Å². The van der Waals surface area contributed by atoms with Gasteiger partial charge in [-0.15, -0.1) is 16.4 Å². The summed E-state index contributed by atoms with van der Waals surface area (Å²) in [7, 11) is 0. The molecule has 2 amide bonds. The van der Waals surface area contributed by atoms with Gasteiger partial charge in [0.05, 0.1) is 19.7 Å². The van der Waals surface area contributed by atoms with Crippen LogP contribution in [0.5, 0.6) is 0 Å². The van der Waals surface area contributed by atoms with Gasteiger partial charge >= 0.3 is 12.1 Å². The number of hydroxylamine groups is 2. The molecule has 14 heteroatoms. The number of benzene rings is 1. The molecular weight excluding hydrogens is 588 g/mol. The van der Waals surface area contributed by atoms with Crippen molar-refractivity contribution in [3.05, 3.63) is 53.7 Å². The fourth-order valence-corrected chi connectivity index (χ4v) is 4.95. The van der Waals surface area contributed by atoms with E-state index in [-0.39, 0.29) is 57.2 Å². The van der Waals surface area contributed by atoms with Crippen LogP contribution in [-0.4, -0.2) is 93.3 Å². The smallest absolute Gasteiger partial charge is 0.460 e. The highest BCUT2D eigenvalue weighted by molar-refractivity contribution is 7.13. The van der Waals surface area contributed by atoms with Crippen LogP contribution in [0.15, 0.2) is 48.0 Å². The molecule has 0 unspecified atom stereocenters. The molecule has 0 bridgehead atoms. The standard InChI is InChI=1S/C30H36N6O7S/c1-5-41-29(40)43-36-16-14-35(15-17-36)28(39)21(11-12-24(37)42-30(2,3)4)34-26(38)22-19-23(27-31-13-18-44-27)33-25(32-22)20-9-7-6-8-10-20/h6-10,13,18-19,21H,5,11-12,14-17H2,1-4H3,(H,34,38)/t21-/m0/s1. The zero-order valence-corrected chi connectivity index (χ0v) is 26.0. The topological polar surface area (TPSA) is 153 Å². The third-order valence-electron chi connectivity index (χ3n) is 6.32. The molecule has 0 radical (unpaired) electrons. The summed E-state index contributed by atoms with van der Waals surface area (Å²) < 4.78 is 10.2. The van der Waals surface area contributed by atoms with Gasteiger partial charge in [0, 0.05) is 36.7 Å². The van der Waals surface area contributed by atoms with Crippen LogP contribution in [0.1, 0.15) is 51.0 Å². The van der Waals surface area contributed by atoms with E-state index in [0.717, 1.165) is 0 Å². The lowest BCUT2D eigenvalue weighted by Gasteiger charge is -2.35. The maximum Gasteiger partial charge on any atom is 0.527 e. The van der Waals surface area contributed by atoms with Crippen LogP contribution >= 0.6 is 11.3 Å². The molecule has 1 saturated heterocycles. The van der Waals surface area contributed by atoms with Crippen LogP contribution in [-0.2, 0) is 23.9 Å². The summed E-state index contributed by atoms with van der Waals surface area (Å²) in [6, 6.07) is 9.70. The summed E-state index contributed by atoms with van der Waals surface area (Å²) in [5.41, 5.74) is 0.524. The van der Waals surface area contributed by atoms with Crippen LogP contribution < -0.4 is 5.32 Å². The van der Waals surface area contributed by atoms with Crippen molar-refractivity contribution in [3.63, 3.8) is 0 Å². The Morgan fingerprint density at radius 3 is 2.41 bits per heavy atom. The molecule has 13 nitrogen and oxygen atoms in total. The summed E-state index contributed by atoms with van der Waals surface area (Å²) in [4.78, 5) is 71.7. The molecule has 2 aromatic heterocycles. The number of thiazole rings is 1. The molecule has 44 heavy (non-hydrogen) atoms. The van der Waals surface area contributed by atoms with E-state index in [2.05, 4.69) is 20.3 Å². The number of hydrogen-bond acceptors (Lipinski definition) is 12. The lowest BCUT2D eigenvalue weighted by atomic mass is 10.1. The quantitative estimate of drug-likeness (QED) is 0.328. The number of esters is 1. The monoisotopic (exact) mass is 624 g/mol. The number of amides is 2. The molecule has 1 atom stereocenters. The van der Waals surface area contributed by atoms with E-state index in [1.807, 2.05) is 35.7 Å². The van der Waals surface area contributed by atoms with Crippen LogP contribution in [0.3, 0.4) is 0 Å². The molecule has 1 fully saturated rings. The SMILES string of the molecule is CCOC(=O)ON1CCN(C(=O)[C@H](CCC(=O)OC(C)(C)C)NC(=O)c2cc(-c3nccs3)nc(-c3ccccc3)n2)CC1. The van der Waals surface area contributed by atoms with Crippen LogP contribution in [0.25, 0.3) is 22.1 Å². The molecule has 1 aliphatic heterocycles. The Morgan fingerprint density at radius 2 is 1.77 bits per heavy atom. The third kappa shape index (κ3) is 9.28. The summed E-state index contributed by atoms with van der Waals surface area (Å²) in [5, 5.41) is 6.63. The summed E-state index contributed by atoms with van der Waals surface area (Å²) in [6.07, 6.45) is 0.747. The Kier molecular flexibility index (Phi) is 11.0. The summed E-state index contributed by atoms with van der Waals surface area (Å²) >= 11 is 1.37. The van der Waals surface area contributed by atoms with Gasteiger partial charge in [-0.3, -0.25) is 14.4 Å². The Labute approximate surface area is 259 Å². The molecule has 4 rings (SSSR count). The van der Waals surface area contributed by atoms with Crippen molar-refractivity contribution in [2.75, 3.05) is 32.8 Å². The first kappa shape index (κ1) is 32.5. The third-order valence-corrected chi connectivity index (χ3v) is 7.11. The van der Waals surface area contributed by atoms with Crippen molar-refractivity contribution in [1.82, 2.24) is 30.2 Å². The molecule has 0 spiro atoms. The minimum atomic E-state index is -1.05. The van der Waals surface area contributed by atoms with Gasteiger partial charge in [0.1, 0.15) is 28.0 Å². The molecule has 1 N–H and O–H groups in total. The highest BCUT2D eigenvalue weighted by Gasteiger charge is 2.32. The first-order chi connectivity index (χ1) is 21.0. The van der Waals surface area contributed by atoms with Gasteiger partial charge in [0.25, 0.3) is 5.91 Å². The Bertz CT molecular complexity index is 1440. The number of rotatable bonds is 10. The van der Waals surface area contributed by atoms with Crippen LogP contribution in [0.2, 0.25) is 0 Å². The lowest BCUT2D eigenvalue weighted by molar-refractivity contribution is -0.158. The summed E-state index contributed by atoms with van der Waals surface area (Å²) in [5.74, 6) is -1.14. The van der Waals surface area contributed by atoms with Gasteiger partial charge in [-0.2, -0.15) is 0 Å². The molecule has 1 aliphatic rings. The minimum Gasteiger partial charge on any atom is -0.460 e. The van der Waals surface area contributed by atoms with E-state index in [1.165, 1.54) is 22.5 Å². The average molecular weight is 625 g/mol. The highest BCUT2D eigenvalue weighted by Crippen LogP contribution is 2.24. The van der Waals surface area contributed by atoms with Crippen molar-refractivity contribution >= 4 is 35.3 Å². The number of aromatic nitrogens is 3. The highest BCUT2D eigenvalue weighted by atomic mass is 32.1. The normalized spacial score (nSPS) is 14.4. The van der Waals surface area contributed by atoms with Crippen molar-refractivity contribution < 1.29 is 33.5 Å². The van der Waals surface area contributed by atoms with E-state index >= 15 is 0 Å². The second kappa shape index (κ2) is 14.8. The number of carbonyl (C=O) groups is 4.